The fraction of sp³-hybridized carbons (Fsp3) is 0.625. The molecule has 1 aromatic rings. The molecule has 0 spiro atoms. The molecule has 0 bridgehead atoms. The third-order valence-electron chi connectivity index (χ3n) is 4.19. The molecule has 2 nitrogen and oxygen atoms in total. The molecule has 0 aromatic heterocycles. The van der Waals surface area contributed by atoms with Gasteiger partial charge in [0.05, 0.1) is 12.7 Å². The SMILES string of the molecule is COc1ccc(CC2(O)CCCC(C)CC2)cc1F. The van der Waals surface area contributed by atoms with Gasteiger partial charge in [0.1, 0.15) is 0 Å². The molecule has 2 unspecified atom stereocenters. The summed E-state index contributed by atoms with van der Waals surface area (Å²) in [5, 5.41) is 10.7. The first-order valence-electron chi connectivity index (χ1n) is 7.07. The van der Waals surface area contributed by atoms with Crippen molar-refractivity contribution in [3.8, 4) is 5.75 Å². The lowest BCUT2D eigenvalue weighted by molar-refractivity contribution is 0.0243. The summed E-state index contributed by atoms with van der Waals surface area (Å²) in [6.45, 7) is 2.23. The number of benzene rings is 1. The van der Waals surface area contributed by atoms with E-state index in [-0.39, 0.29) is 11.6 Å². The summed E-state index contributed by atoms with van der Waals surface area (Å²) in [6.07, 6.45) is 5.43. The molecule has 1 aliphatic rings. The van der Waals surface area contributed by atoms with Crippen molar-refractivity contribution in [2.75, 3.05) is 7.11 Å². The van der Waals surface area contributed by atoms with Gasteiger partial charge < -0.3 is 9.84 Å². The van der Waals surface area contributed by atoms with Gasteiger partial charge in [-0.25, -0.2) is 4.39 Å². The zero-order valence-corrected chi connectivity index (χ0v) is 11.8. The van der Waals surface area contributed by atoms with Crippen molar-refractivity contribution in [2.24, 2.45) is 5.92 Å². The Bertz CT molecular complexity index is 433. The van der Waals surface area contributed by atoms with E-state index < -0.39 is 5.60 Å². The summed E-state index contributed by atoms with van der Waals surface area (Å²) in [6, 6.07) is 4.95. The van der Waals surface area contributed by atoms with Crippen molar-refractivity contribution in [1.82, 2.24) is 0 Å². The number of hydrogen-bond donors (Lipinski definition) is 1. The highest BCUT2D eigenvalue weighted by Crippen LogP contribution is 2.33. The molecule has 106 valence electrons. The molecule has 1 fully saturated rings. The minimum Gasteiger partial charge on any atom is -0.494 e. The molecule has 1 N–H and O–H groups in total. The van der Waals surface area contributed by atoms with Gasteiger partial charge in [0.15, 0.2) is 11.6 Å². The van der Waals surface area contributed by atoms with Crippen molar-refractivity contribution in [3.05, 3.63) is 29.6 Å². The highest BCUT2D eigenvalue weighted by molar-refractivity contribution is 5.30. The normalized spacial score (nSPS) is 27.9. The van der Waals surface area contributed by atoms with Crippen LogP contribution in [0.15, 0.2) is 18.2 Å². The molecule has 3 heteroatoms. The Kier molecular flexibility index (Phi) is 4.46. The molecule has 0 heterocycles. The molecule has 0 amide bonds. The molecule has 2 atom stereocenters. The van der Waals surface area contributed by atoms with E-state index in [1.54, 1.807) is 6.07 Å². The fourth-order valence-corrected chi connectivity index (χ4v) is 2.94. The monoisotopic (exact) mass is 266 g/mol. The van der Waals surface area contributed by atoms with Crippen LogP contribution in [0, 0.1) is 11.7 Å². The van der Waals surface area contributed by atoms with E-state index in [9.17, 15) is 9.50 Å². The molecule has 2 rings (SSSR count). The minimum atomic E-state index is -0.675. The first kappa shape index (κ1) is 14.3. The summed E-state index contributed by atoms with van der Waals surface area (Å²) >= 11 is 0. The largest absolute Gasteiger partial charge is 0.494 e. The lowest BCUT2D eigenvalue weighted by atomic mass is 9.87. The van der Waals surface area contributed by atoms with Gasteiger partial charge in [0.2, 0.25) is 0 Å². The zero-order valence-electron chi connectivity index (χ0n) is 11.8. The first-order valence-corrected chi connectivity index (χ1v) is 7.07. The second kappa shape index (κ2) is 5.91. The molecule has 1 saturated carbocycles. The van der Waals surface area contributed by atoms with Gasteiger partial charge >= 0.3 is 0 Å². The van der Waals surface area contributed by atoms with Crippen molar-refractivity contribution >= 4 is 0 Å². The van der Waals surface area contributed by atoms with Crippen LogP contribution in [-0.4, -0.2) is 17.8 Å². The molecule has 19 heavy (non-hydrogen) atoms. The maximum absolute atomic E-state index is 13.7. The molecule has 1 aliphatic carbocycles. The van der Waals surface area contributed by atoms with Crippen molar-refractivity contribution in [1.29, 1.82) is 0 Å². The molecule has 0 saturated heterocycles. The van der Waals surface area contributed by atoms with Gasteiger partial charge in [-0.1, -0.05) is 25.8 Å². The van der Waals surface area contributed by atoms with Crippen LogP contribution in [0.2, 0.25) is 0 Å². The maximum atomic E-state index is 13.7. The van der Waals surface area contributed by atoms with E-state index >= 15 is 0 Å². The van der Waals surface area contributed by atoms with Gasteiger partial charge in [-0.05, 0) is 42.9 Å². The van der Waals surface area contributed by atoms with E-state index in [1.807, 2.05) is 6.07 Å². The van der Waals surface area contributed by atoms with Crippen molar-refractivity contribution < 1.29 is 14.2 Å². The summed E-state index contributed by atoms with van der Waals surface area (Å²) in [5.74, 6) is 0.581. The highest BCUT2D eigenvalue weighted by Gasteiger charge is 2.30. The van der Waals surface area contributed by atoms with Crippen LogP contribution in [0.25, 0.3) is 0 Å². The van der Waals surface area contributed by atoms with Gasteiger partial charge in [0, 0.05) is 6.42 Å². The number of hydrogen-bond acceptors (Lipinski definition) is 2. The van der Waals surface area contributed by atoms with E-state index in [2.05, 4.69) is 6.92 Å². The Morgan fingerprint density at radius 2 is 2.16 bits per heavy atom. The smallest absolute Gasteiger partial charge is 0.165 e. The fourth-order valence-electron chi connectivity index (χ4n) is 2.94. The van der Waals surface area contributed by atoms with Crippen molar-refractivity contribution in [3.63, 3.8) is 0 Å². The average Bonchev–Trinajstić information content (AvgIpc) is 2.52. The maximum Gasteiger partial charge on any atom is 0.165 e. The van der Waals surface area contributed by atoms with Crippen LogP contribution in [0.3, 0.4) is 0 Å². The Balaban J connectivity index is 2.09. The summed E-state index contributed by atoms with van der Waals surface area (Å²) < 4.78 is 18.6. The van der Waals surface area contributed by atoms with Crippen LogP contribution in [0.5, 0.6) is 5.75 Å². The van der Waals surface area contributed by atoms with Gasteiger partial charge in [-0.15, -0.1) is 0 Å². The van der Waals surface area contributed by atoms with Crippen LogP contribution in [0.1, 0.15) is 44.6 Å². The van der Waals surface area contributed by atoms with E-state index in [0.29, 0.717) is 12.3 Å². The Hall–Kier alpha value is -1.09. The quantitative estimate of drug-likeness (QED) is 0.845. The van der Waals surface area contributed by atoms with Crippen LogP contribution in [-0.2, 0) is 6.42 Å². The predicted octanol–water partition coefficient (Wildman–Crippen LogP) is 3.71. The first-order chi connectivity index (χ1) is 9.02. The number of ether oxygens (including phenoxy) is 1. The van der Waals surface area contributed by atoms with E-state index in [1.165, 1.54) is 19.6 Å². The molecule has 1 aromatic carbocycles. The topological polar surface area (TPSA) is 29.5 Å². The molecular formula is C16H23FO2. The van der Waals surface area contributed by atoms with E-state index in [0.717, 1.165) is 31.2 Å². The Labute approximate surface area is 114 Å². The summed E-state index contributed by atoms with van der Waals surface area (Å²) in [5.41, 5.74) is 0.168. The Morgan fingerprint density at radius 3 is 2.84 bits per heavy atom. The van der Waals surface area contributed by atoms with Crippen molar-refractivity contribution in [2.45, 2.75) is 51.0 Å². The zero-order chi connectivity index (χ0) is 13.9. The molecule has 0 radical (unpaired) electrons. The number of halogens is 1. The average molecular weight is 266 g/mol. The molecule has 0 aliphatic heterocycles. The Morgan fingerprint density at radius 1 is 1.37 bits per heavy atom. The third-order valence-corrected chi connectivity index (χ3v) is 4.19. The van der Waals surface area contributed by atoms with Gasteiger partial charge in [-0.3, -0.25) is 0 Å². The van der Waals surface area contributed by atoms with Crippen LogP contribution in [0.4, 0.5) is 4.39 Å². The second-order valence-electron chi connectivity index (χ2n) is 5.91. The van der Waals surface area contributed by atoms with Gasteiger partial charge in [-0.2, -0.15) is 0 Å². The van der Waals surface area contributed by atoms with Crippen LogP contribution >= 0.6 is 0 Å². The minimum absolute atomic E-state index is 0.255. The number of methoxy groups -OCH3 is 1. The number of aliphatic hydroxyl groups is 1. The highest BCUT2D eigenvalue weighted by atomic mass is 19.1. The third kappa shape index (κ3) is 3.69. The summed E-state index contributed by atoms with van der Waals surface area (Å²) in [4.78, 5) is 0. The lowest BCUT2D eigenvalue weighted by Crippen LogP contribution is -2.30. The second-order valence-corrected chi connectivity index (χ2v) is 5.91. The lowest BCUT2D eigenvalue weighted by Gasteiger charge is -2.27. The van der Waals surface area contributed by atoms with Crippen LogP contribution < -0.4 is 4.74 Å². The summed E-state index contributed by atoms with van der Waals surface area (Å²) in [7, 11) is 1.46. The standard InChI is InChI=1S/C16H23FO2/c1-12-4-3-8-16(18,9-7-12)11-13-5-6-15(19-2)14(17)10-13/h5-6,10,12,18H,3-4,7-9,11H2,1-2H3. The molecular weight excluding hydrogens is 243 g/mol. The number of rotatable bonds is 3. The van der Waals surface area contributed by atoms with E-state index in [4.69, 9.17) is 4.74 Å². The van der Waals surface area contributed by atoms with Gasteiger partial charge in [0.25, 0.3) is 0 Å². The predicted molar refractivity (Wildman–Crippen MR) is 73.9 cm³/mol.